The molecule has 2 rings (SSSR count). The quantitative estimate of drug-likeness (QED) is 0.481. The molecule has 0 radical (unpaired) electrons. The molecule has 0 saturated carbocycles. The van der Waals surface area contributed by atoms with E-state index in [-0.39, 0.29) is 13.2 Å². The third-order valence-corrected chi connectivity index (χ3v) is 2.83. The topological polar surface area (TPSA) is 21.3 Å². The van der Waals surface area contributed by atoms with Gasteiger partial charge < -0.3 is 10.1 Å². The number of morpholine rings is 1. The minimum absolute atomic E-state index is 0.0777. The largest absolute Gasteiger partial charge is 0.371 e. The molecule has 0 aliphatic carbocycles. The van der Waals surface area contributed by atoms with Gasteiger partial charge in [0.15, 0.2) is 23.3 Å². The Kier molecular flexibility index (Phi) is 3.56. The highest BCUT2D eigenvalue weighted by Gasteiger charge is 2.30. The number of ether oxygens (including phenoxy) is 1. The van der Waals surface area contributed by atoms with Gasteiger partial charge in [0.25, 0.3) is 0 Å². The first-order valence-electron chi connectivity index (χ1n) is 4.87. The molecule has 0 bridgehead atoms. The summed E-state index contributed by atoms with van der Waals surface area (Å²) in [5.74, 6) is -6.23. The van der Waals surface area contributed by atoms with E-state index in [2.05, 4.69) is 5.32 Å². The van der Waals surface area contributed by atoms with Crippen molar-refractivity contribution in [3.63, 3.8) is 0 Å². The number of hydrogen-bond acceptors (Lipinski definition) is 2. The summed E-state index contributed by atoms with van der Waals surface area (Å²) in [6, 6.07) is 0. The molecule has 1 unspecified atom stereocenters. The van der Waals surface area contributed by atoms with Crippen molar-refractivity contribution in [1.29, 1.82) is 0 Å². The Morgan fingerprint density at radius 3 is 2.12 bits per heavy atom. The summed E-state index contributed by atoms with van der Waals surface area (Å²) in [5.41, 5.74) is -0.767. The Labute approximate surface area is 99.5 Å². The van der Waals surface area contributed by atoms with E-state index in [1.54, 1.807) is 0 Å². The van der Waals surface area contributed by atoms with Gasteiger partial charge in [-0.1, -0.05) is 11.6 Å². The molecule has 94 valence electrons. The number of rotatable bonds is 1. The van der Waals surface area contributed by atoms with Gasteiger partial charge in [-0.2, -0.15) is 0 Å². The van der Waals surface area contributed by atoms with Gasteiger partial charge >= 0.3 is 0 Å². The lowest BCUT2D eigenvalue weighted by Gasteiger charge is -2.25. The van der Waals surface area contributed by atoms with Crippen LogP contribution < -0.4 is 5.32 Å². The van der Waals surface area contributed by atoms with Gasteiger partial charge in [0, 0.05) is 13.1 Å². The van der Waals surface area contributed by atoms with Crippen molar-refractivity contribution in [2.45, 2.75) is 6.10 Å². The Morgan fingerprint density at radius 1 is 1.06 bits per heavy atom. The Hall–Kier alpha value is -0.850. The summed E-state index contributed by atoms with van der Waals surface area (Å²) >= 11 is 5.11. The second-order valence-electron chi connectivity index (χ2n) is 3.55. The van der Waals surface area contributed by atoms with Crippen molar-refractivity contribution < 1.29 is 22.3 Å². The van der Waals surface area contributed by atoms with Gasteiger partial charge in [-0.3, -0.25) is 0 Å². The van der Waals surface area contributed by atoms with E-state index in [0.717, 1.165) is 0 Å². The summed E-state index contributed by atoms with van der Waals surface area (Å²) in [7, 11) is 0. The molecule has 1 aromatic carbocycles. The molecule has 0 amide bonds. The molecule has 1 aliphatic rings. The van der Waals surface area contributed by atoms with E-state index in [9.17, 15) is 17.6 Å². The van der Waals surface area contributed by atoms with Crippen LogP contribution in [0.2, 0.25) is 5.02 Å². The molecular formula is C10H8ClF4NO. The van der Waals surface area contributed by atoms with Gasteiger partial charge in [-0.25, -0.2) is 17.6 Å². The Bertz CT molecular complexity index is 419. The van der Waals surface area contributed by atoms with Crippen LogP contribution in [-0.2, 0) is 4.74 Å². The fraction of sp³-hybridized carbons (Fsp3) is 0.400. The predicted molar refractivity (Wildman–Crippen MR) is 52.8 cm³/mol. The zero-order valence-corrected chi connectivity index (χ0v) is 9.25. The molecule has 1 fully saturated rings. The SMILES string of the molecule is Fc1c(F)c(C2CNCCO2)c(F)c(F)c1Cl. The van der Waals surface area contributed by atoms with Crippen LogP contribution in [-0.4, -0.2) is 19.7 Å². The van der Waals surface area contributed by atoms with E-state index in [1.807, 2.05) is 0 Å². The van der Waals surface area contributed by atoms with Gasteiger partial charge in [-0.05, 0) is 0 Å². The first kappa shape index (κ1) is 12.6. The van der Waals surface area contributed by atoms with Crippen LogP contribution in [0.1, 0.15) is 11.7 Å². The Morgan fingerprint density at radius 2 is 1.65 bits per heavy atom. The standard InChI is InChI=1S/C10H8ClF4NO/c11-6-9(14)7(12)5(8(13)10(6)15)4-3-16-1-2-17-4/h4,16H,1-3H2. The van der Waals surface area contributed by atoms with Crippen molar-refractivity contribution >= 4 is 11.6 Å². The lowest BCUT2D eigenvalue weighted by Crippen LogP contribution is -2.34. The summed E-state index contributed by atoms with van der Waals surface area (Å²) in [6.07, 6.45) is -1.06. The Balaban J connectivity index is 2.52. The molecule has 0 spiro atoms. The van der Waals surface area contributed by atoms with Crippen LogP contribution in [0, 0.1) is 23.3 Å². The van der Waals surface area contributed by atoms with Crippen LogP contribution in [0.15, 0.2) is 0 Å². The predicted octanol–water partition coefficient (Wildman–Crippen LogP) is 2.56. The maximum atomic E-state index is 13.5. The van der Waals surface area contributed by atoms with Crippen LogP contribution in [0.4, 0.5) is 17.6 Å². The van der Waals surface area contributed by atoms with Crippen molar-refractivity contribution in [2.24, 2.45) is 0 Å². The zero-order chi connectivity index (χ0) is 12.6. The molecule has 17 heavy (non-hydrogen) atoms. The second-order valence-corrected chi connectivity index (χ2v) is 3.93. The van der Waals surface area contributed by atoms with Crippen LogP contribution >= 0.6 is 11.6 Å². The first-order chi connectivity index (χ1) is 8.04. The average Bonchev–Trinajstić information content (AvgIpc) is 2.36. The maximum absolute atomic E-state index is 13.5. The van der Waals surface area contributed by atoms with Crippen molar-refractivity contribution in [3.05, 3.63) is 33.9 Å². The number of halogens is 5. The zero-order valence-electron chi connectivity index (χ0n) is 8.50. The molecule has 7 heteroatoms. The fourth-order valence-corrected chi connectivity index (χ4v) is 1.82. The van der Waals surface area contributed by atoms with Gasteiger partial charge in [0.1, 0.15) is 11.1 Å². The maximum Gasteiger partial charge on any atom is 0.180 e. The van der Waals surface area contributed by atoms with Gasteiger partial charge in [0.2, 0.25) is 0 Å². The number of benzene rings is 1. The van der Waals surface area contributed by atoms with Gasteiger partial charge in [0.05, 0.1) is 12.2 Å². The third kappa shape index (κ3) is 2.12. The van der Waals surface area contributed by atoms with Crippen molar-refractivity contribution in [2.75, 3.05) is 19.7 Å². The lowest BCUT2D eigenvalue weighted by atomic mass is 10.1. The number of nitrogens with one attached hydrogen (secondary N) is 1. The molecule has 1 aliphatic heterocycles. The van der Waals surface area contributed by atoms with Crippen LogP contribution in [0.5, 0.6) is 0 Å². The summed E-state index contributed by atoms with van der Waals surface area (Å²) in [4.78, 5) is 0. The molecule has 1 heterocycles. The lowest BCUT2D eigenvalue weighted by molar-refractivity contribution is 0.0223. The second kappa shape index (κ2) is 4.80. The highest BCUT2D eigenvalue weighted by Crippen LogP contribution is 2.32. The summed E-state index contributed by atoms with van der Waals surface area (Å²) in [6.45, 7) is 0.794. The van der Waals surface area contributed by atoms with E-state index in [0.29, 0.717) is 6.54 Å². The molecule has 1 saturated heterocycles. The average molecular weight is 270 g/mol. The molecule has 1 atom stereocenters. The van der Waals surface area contributed by atoms with Crippen LogP contribution in [0.25, 0.3) is 0 Å². The van der Waals surface area contributed by atoms with E-state index >= 15 is 0 Å². The molecule has 0 aromatic heterocycles. The normalized spacial score (nSPS) is 20.6. The highest BCUT2D eigenvalue weighted by atomic mass is 35.5. The van der Waals surface area contributed by atoms with Crippen molar-refractivity contribution in [1.82, 2.24) is 5.32 Å². The fourth-order valence-electron chi connectivity index (χ4n) is 1.66. The molecule has 1 N–H and O–H groups in total. The van der Waals surface area contributed by atoms with E-state index in [1.165, 1.54) is 0 Å². The monoisotopic (exact) mass is 269 g/mol. The number of hydrogen-bond donors (Lipinski definition) is 1. The summed E-state index contributed by atoms with van der Waals surface area (Å²) in [5, 5.41) is 1.62. The molecule has 1 aromatic rings. The third-order valence-electron chi connectivity index (χ3n) is 2.49. The minimum Gasteiger partial charge on any atom is -0.371 e. The minimum atomic E-state index is -1.60. The molecule has 2 nitrogen and oxygen atoms in total. The highest BCUT2D eigenvalue weighted by molar-refractivity contribution is 6.30. The van der Waals surface area contributed by atoms with Crippen molar-refractivity contribution in [3.8, 4) is 0 Å². The summed E-state index contributed by atoms with van der Waals surface area (Å²) < 4.78 is 58.5. The first-order valence-corrected chi connectivity index (χ1v) is 5.25. The van der Waals surface area contributed by atoms with Crippen LogP contribution in [0.3, 0.4) is 0 Å². The van der Waals surface area contributed by atoms with Gasteiger partial charge in [-0.15, -0.1) is 0 Å². The van der Waals surface area contributed by atoms with E-state index < -0.39 is 40.0 Å². The van der Waals surface area contributed by atoms with E-state index in [4.69, 9.17) is 16.3 Å². The molecular weight excluding hydrogens is 262 g/mol. The smallest absolute Gasteiger partial charge is 0.180 e.